The molecule has 0 amide bonds. The Morgan fingerprint density at radius 3 is 2.53 bits per heavy atom. The van der Waals surface area contributed by atoms with Crippen molar-refractivity contribution in [3.8, 4) is 11.5 Å². The number of hydrogen-bond donors (Lipinski definition) is 2. The first-order chi connectivity index (χ1) is 8.31. The van der Waals surface area contributed by atoms with Crippen molar-refractivity contribution in [3.05, 3.63) is 42.0 Å². The van der Waals surface area contributed by atoms with E-state index in [1.807, 2.05) is 24.3 Å². The molecule has 2 rings (SSSR count). The third-order valence-electron chi connectivity index (χ3n) is 2.34. The van der Waals surface area contributed by atoms with Gasteiger partial charge in [0.15, 0.2) is 0 Å². The van der Waals surface area contributed by atoms with Gasteiger partial charge in [-0.3, -0.25) is 0 Å². The van der Waals surface area contributed by atoms with Gasteiger partial charge < -0.3 is 20.2 Å². The van der Waals surface area contributed by atoms with Crippen LogP contribution in [0.15, 0.2) is 30.5 Å². The summed E-state index contributed by atoms with van der Waals surface area (Å²) >= 11 is 0. The molecule has 0 fully saturated rings. The number of aromatic amines is 1. The minimum absolute atomic E-state index is 0.395. The summed E-state index contributed by atoms with van der Waals surface area (Å²) in [5.41, 5.74) is 6.38. The summed E-state index contributed by atoms with van der Waals surface area (Å²) in [6.45, 7) is 0.849. The second-order valence-electron chi connectivity index (χ2n) is 3.52. The Morgan fingerprint density at radius 2 is 1.94 bits per heavy atom. The maximum Gasteiger partial charge on any atom is 0.146 e. The van der Waals surface area contributed by atoms with Gasteiger partial charge in [0.25, 0.3) is 0 Å². The van der Waals surface area contributed by atoms with Crippen LogP contribution in [0.1, 0.15) is 11.5 Å². The van der Waals surface area contributed by atoms with Gasteiger partial charge in [0.05, 0.1) is 7.11 Å². The van der Waals surface area contributed by atoms with Crippen LogP contribution in [0.4, 0.5) is 0 Å². The maximum atomic E-state index is 5.56. The van der Waals surface area contributed by atoms with Gasteiger partial charge in [0.1, 0.15) is 23.9 Å². The number of nitrogens with zero attached hydrogens (tertiary/aromatic N) is 1. The predicted molar refractivity (Wildman–Crippen MR) is 63.8 cm³/mol. The minimum Gasteiger partial charge on any atom is -0.497 e. The molecule has 1 heterocycles. The van der Waals surface area contributed by atoms with Crippen molar-refractivity contribution in [2.75, 3.05) is 7.11 Å². The number of ether oxygens (including phenoxy) is 2. The molecule has 0 bridgehead atoms. The van der Waals surface area contributed by atoms with E-state index in [9.17, 15) is 0 Å². The SMILES string of the molecule is COc1ccc(OCc2ncc(CN)[nH]2)cc1. The first-order valence-electron chi connectivity index (χ1n) is 5.31. The predicted octanol–water partition coefficient (Wildman–Crippen LogP) is 1.46. The van der Waals surface area contributed by atoms with Crippen LogP contribution in [-0.2, 0) is 13.2 Å². The molecule has 1 aromatic heterocycles. The van der Waals surface area contributed by atoms with Crippen LogP contribution in [0.5, 0.6) is 11.5 Å². The van der Waals surface area contributed by atoms with Crippen molar-refractivity contribution in [2.45, 2.75) is 13.2 Å². The van der Waals surface area contributed by atoms with E-state index in [0.29, 0.717) is 13.2 Å². The van der Waals surface area contributed by atoms with E-state index in [1.54, 1.807) is 13.3 Å². The molecule has 1 aromatic carbocycles. The van der Waals surface area contributed by atoms with E-state index in [4.69, 9.17) is 15.2 Å². The standard InChI is InChI=1S/C12H15N3O2/c1-16-10-2-4-11(5-3-10)17-8-12-14-7-9(6-13)15-12/h2-5,7H,6,8,13H2,1H3,(H,14,15). The zero-order valence-electron chi connectivity index (χ0n) is 9.64. The average molecular weight is 233 g/mol. The van der Waals surface area contributed by atoms with Crippen molar-refractivity contribution >= 4 is 0 Å². The lowest BCUT2D eigenvalue weighted by atomic mass is 10.3. The number of hydrogen-bond acceptors (Lipinski definition) is 4. The van der Waals surface area contributed by atoms with Gasteiger partial charge in [-0.25, -0.2) is 4.98 Å². The third kappa shape index (κ3) is 2.98. The Hall–Kier alpha value is -2.01. The molecule has 0 aliphatic carbocycles. The first-order valence-corrected chi connectivity index (χ1v) is 5.31. The van der Waals surface area contributed by atoms with E-state index < -0.39 is 0 Å². The number of nitrogens with one attached hydrogen (secondary N) is 1. The summed E-state index contributed by atoms with van der Waals surface area (Å²) in [6.07, 6.45) is 1.71. The number of imidazole rings is 1. The van der Waals surface area contributed by atoms with Gasteiger partial charge in [-0.05, 0) is 24.3 Å². The largest absolute Gasteiger partial charge is 0.497 e. The molecule has 0 saturated carbocycles. The van der Waals surface area contributed by atoms with Crippen molar-refractivity contribution in [2.24, 2.45) is 5.73 Å². The van der Waals surface area contributed by atoms with Crippen LogP contribution in [-0.4, -0.2) is 17.1 Å². The molecule has 0 unspecified atom stereocenters. The second kappa shape index (κ2) is 5.36. The molecule has 90 valence electrons. The van der Waals surface area contributed by atoms with Crippen molar-refractivity contribution in [1.29, 1.82) is 0 Å². The van der Waals surface area contributed by atoms with Crippen LogP contribution in [0, 0.1) is 0 Å². The van der Waals surface area contributed by atoms with Crippen LogP contribution >= 0.6 is 0 Å². The number of nitrogens with two attached hydrogens (primary N) is 1. The Bertz CT molecular complexity index is 465. The fourth-order valence-electron chi connectivity index (χ4n) is 1.41. The molecule has 0 saturated heterocycles. The highest BCUT2D eigenvalue weighted by Crippen LogP contribution is 2.17. The van der Waals surface area contributed by atoms with Gasteiger partial charge in [-0.15, -0.1) is 0 Å². The fraction of sp³-hybridized carbons (Fsp3) is 0.250. The zero-order chi connectivity index (χ0) is 12.1. The summed E-state index contributed by atoms with van der Waals surface area (Å²) < 4.78 is 10.6. The molecule has 0 aliphatic rings. The van der Waals surface area contributed by atoms with E-state index in [2.05, 4.69) is 9.97 Å². The van der Waals surface area contributed by atoms with E-state index >= 15 is 0 Å². The highest BCUT2D eigenvalue weighted by Gasteiger charge is 2.00. The molecule has 5 heteroatoms. The Balaban J connectivity index is 1.92. The zero-order valence-corrected chi connectivity index (χ0v) is 9.64. The van der Waals surface area contributed by atoms with E-state index in [0.717, 1.165) is 23.0 Å². The normalized spacial score (nSPS) is 10.2. The topological polar surface area (TPSA) is 73.2 Å². The molecular formula is C12H15N3O2. The molecule has 0 spiro atoms. The maximum absolute atomic E-state index is 5.56. The fourth-order valence-corrected chi connectivity index (χ4v) is 1.41. The number of aromatic nitrogens is 2. The van der Waals surface area contributed by atoms with E-state index in [1.165, 1.54) is 0 Å². The number of rotatable bonds is 5. The Morgan fingerprint density at radius 1 is 1.24 bits per heavy atom. The molecule has 5 nitrogen and oxygen atoms in total. The van der Waals surface area contributed by atoms with Gasteiger partial charge in [0.2, 0.25) is 0 Å². The van der Waals surface area contributed by atoms with Gasteiger partial charge in [-0.1, -0.05) is 0 Å². The van der Waals surface area contributed by atoms with Crippen molar-refractivity contribution < 1.29 is 9.47 Å². The summed E-state index contributed by atoms with van der Waals surface area (Å²) in [6, 6.07) is 7.41. The minimum atomic E-state index is 0.395. The Labute approximate surface area is 99.6 Å². The molecular weight excluding hydrogens is 218 g/mol. The van der Waals surface area contributed by atoms with Crippen LogP contribution in [0.2, 0.25) is 0 Å². The van der Waals surface area contributed by atoms with Crippen LogP contribution < -0.4 is 15.2 Å². The van der Waals surface area contributed by atoms with Gasteiger partial charge in [0, 0.05) is 18.4 Å². The average Bonchev–Trinajstić information content (AvgIpc) is 2.85. The molecule has 0 atom stereocenters. The summed E-state index contributed by atoms with van der Waals surface area (Å²) in [4.78, 5) is 7.22. The highest BCUT2D eigenvalue weighted by molar-refractivity contribution is 5.31. The lowest BCUT2D eigenvalue weighted by molar-refractivity contribution is 0.296. The molecule has 3 N–H and O–H groups in total. The third-order valence-corrected chi connectivity index (χ3v) is 2.34. The first kappa shape index (κ1) is 11.5. The molecule has 0 aliphatic heterocycles. The smallest absolute Gasteiger partial charge is 0.146 e. The Kier molecular flexibility index (Phi) is 3.62. The highest BCUT2D eigenvalue weighted by atomic mass is 16.5. The molecule has 2 aromatic rings. The van der Waals surface area contributed by atoms with Crippen molar-refractivity contribution in [1.82, 2.24) is 9.97 Å². The monoisotopic (exact) mass is 233 g/mol. The molecule has 17 heavy (non-hydrogen) atoms. The van der Waals surface area contributed by atoms with Crippen LogP contribution in [0.25, 0.3) is 0 Å². The van der Waals surface area contributed by atoms with Gasteiger partial charge in [-0.2, -0.15) is 0 Å². The molecule has 0 radical (unpaired) electrons. The number of H-pyrrole nitrogens is 1. The number of methoxy groups -OCH3 is 1. The van der Waals surface area contributed by atoms with Gasteiger partial charge >= 0.3 is 0 Å². The summed E-state index contributed by atoms with van der Waals surface area (Å²) in [5.74, 6) is 2.35. The van der Waals surface area contributed by atoms with Crippen LogP contribution in [0.3, 0.4) is 0 Å². The quantitative estimate of drug-likeness (QED) is 0.820. The van der Waals surface area contributed by atoms with Crippen molar-refractivity contribution in [3.63, 3.8) is 0 Å². The lowest BCUT2D eigenvalue weighted by Gasteiger charge is -2.05. The number of benzene rings is 1. The summed E-state index contributed by atoms with van der Waals surface area (Å²) in [7, 11) is 1.63. The summed E-state index contributed by atoms with van der Waals surface area (Å²) in [5, 5.41) is 0. The lowest BCUT2D eigenvalue weighted by Crippen LogP contribution is -1.99. The second-order valence-corrected chi connectivity index (χ2v) is 3.52. The van der Waals surface area contributed by atoms with E-state index in [-0.39, 0.29) is 0 Å².